The average molecular weight is 374 g/mol. The lowest BCUT2D eigenvalue weighted by atomic mass is 10.1. The molecule has 7 heteroatoms. The molecule has 140 valence electrons. The number of ether oxygens (including phenoxy) is 1. The molecule has 27 heavy (non-hydrogen) atoms. The normalized spacial score (nSPS) is 11.4. The minimum atomic E-state index is -4.47. The standard InChI is InChI=1S/C20H17F3N2O2/c1-3-27-19(26)16-11-24-17-10-13(20(21,22)23)6-9-15(17)18(16)25-14-7-4-12(2)5-8-14/h4-11H,3H2,1-2H3,(H,24,25). The molecule has 0 fully saturated rings. The van der Waals surface area contributed by atoms with Gasteiger partial charge in [0.2, 0.25) is 0 Å². The summed E-state index contributed by atoms with van der Waals surface area (Å²) < 4.78 is 44.0. The molecule has 0 aliphatic rings. The van der Waals surface area contributed by atoms with Crippen molar-refractivity contribution in [3.63, 3.8) is 0 Å². The smallest absolute Gasteiger partial charge is 0.416 e. The van der Waals surface area contributed by atoms with Gasteiger partial charge in [0.25, 0.3) is 0 Å². The SMILES string of the molecule is CCOC(=O)c1cnc2cc(C(F)(F)F)ccc2c1Nc1ccc(C)cc1. The highest BCUT2D eigenvalue weighted by Gasteiger charge is 2.31. The van der Waals surface area contributed by atoms with E-state index in [1.807, 2.05) is 31.2 Å². The molecular formula is C20H17F3N2O2. The number of hydrogen-bond acceptors (Lipinski definition) is 4. The maximum absolute atomic E-state index is 13.0. The van der Waals surface area contributed by atoms with Crippen molar-refractivity contribution in [2.24, 2.45) is 0 Å². The minimum Gasteiger partial charge on any atom is -0.462 e. The zero-order valence-electron chi connectivity index (χ0n) is 14.7. The molecule has 0 unspecified atom stereocenters. The first-order valence-electron chi connectivity index (χ1n) is 8.30. The maximum atomic E-state index is 13.0. The van der Waals surface area contributed by atoms with Crippen LogP contribution in [-0.2, 0) is 10.9 Å². The number of anilines is 2. The van der Waals surface area contributed by atoms with Gasteiger partial charge < -0.3 is 10.1 Å². The van der Waals surface area contributed by atoms with E-state index < -0.39 is 17.7 Å². The van der Waals surface area contributed by atoms with Crippen LogP contribution in [0.1, 0.15) is 28.4 Å². The molecule has 1 heterocycles. The zero-order valence-corrected chi connectivity index (χ0v) is 14.7. The van der Waals surface area contributed by atoms with Crippen molar-refractivity contribution >= 4 is 28.2 Å². The molecule has 0 aliphatic heterocycles. The number of pyridine rings is 1. The highest BCUT2D eigenvalue weighted by atomic mass is 19.4. The van der Waals surface area contributed by atoms with E-state index >= 15 is 0 Å². The summed E-state index contributed by atoms with van der Waals surface area (Å²) in [6.07, 6.45) is -3.24. The summed E-state index contributed by atoms with van der Waals surface area (Å²) in [5.74, 6) is -0.596. The van der Waals surface area contributed by atoms with Crippen LogP contribution in [0.5, 0.6) is 0 Å². The third-order valence-corrected chi connectivity index (χ3v) is 4.01. The number of esters is 1. The number of rotatable bonds is 4. The highest BCUT2D eigenvalue weighted by Crippen LogP contribution is 2.35. The van der Waals surface area contributed by atoms with Gasteiger partial charge in [-0.15, -0.1) is 0 Å². The number of fused-ring (bicyclic) bond motifs is 1. The van der Waals surface area contributed by atoms with Gasteiger partial charge in [-0.25, -0.2) is 4.79 Å². The molecule has 0 bridgehead atoms. The summed E-state index contributed by atoms with van der Waals surface area (Å²) in [6.45, 7) is 3.79. The number of benzene rings is 2. The highest BCUT2D eigenvalue weighted by molar-refractivity contribution is 6.06. The van der Waals surface area contributed by atoms with Crippen molar-refractivity contribution in [3.05, 3.63) is 65.4 Å². The largest absolute Gasteiger partial charge is 0.462 e. The van der Waals surface area contributed by atoms with Gasteiger partial charge >= 0.3 is 12.1 Å². The van der Waals surface area contributed by atoms with Crippen molar-refractivity contribution in [1.29, 1.82) is 0 Å². The Hall–Kier alpha value is -3.09. The van der Waals surface area contributed by atoms with Crippen LogP contribution in [0.25, 0.3) is 10.9 Å². The Morgan fingerprint density at radius 2 is 1.85 bits per heavy atom. The third kappa shape index (κ3) is 4.02. The topological polar surface area (TPSA) is 51.2 Å². The second-order valence-electron chi connectivity index (χ2n) is 5.99. The van der Waals surface area contributed by atoms with Gasteiger partial charge in [-0.2, -0.15) is 13.2 Å². The Bertz CT molecular complexity index is 983. The van der Waals surface area contributed by atoms with Crippen LogP contribution in [0.3, 0.4) is 0 Å². The van der Waals surface area contributed by atoms with Gasteiger partial charge in [0.1, 0.15) is 5.56 Å². The molecular weight excluding hydrogens is 357 g/mol. The summed E-state index contributed by atoms with van der Waals surface area (Å²) in [5.41, 5.74) is 1.60. The van der Waals surface area contributed by atoms with Crippen molar-refractivity contribution in [2.75, 3.05) is 11.9 Å². The van der Waals surface area contributed by atoms with E-state index in [0.29, 0.717) is 16.8 Å². The number of aryl methyl sites for hydroxylation is 1. The van der Waals surface area contributed by atoms with Crippen LogP contribution >= 0.6 is 0 Å². The predicted octanol–water partition coefficient (Wildman–Crippen LogP) is 5.48. The Morgan fingerprint density at radius 1 is 1.15 bits per heavy atom. The Balaban J connectivity index is 2.16. The zero-order chi connectivity index (χ0) is 19.6. The van der Waals surface area contributed by atoms with Gasteiger partial charge in [-0.1, -0.05) is 23.8 Å². The maximum Gasteiger partial charge on any atom is 0.416 e. The number of alkyl halides is 3. The van der Waals surface area contributed by atoms with Crippen molar-refractivity contribution in [2.45, 2.75) is 20.0 Å². The summed E-state index contributed by atoms with van der Waals surface area (Å²) >= 11 is 0. The first-order chi connectivity index (χ1) is 12.8. The number of carbonyl (C=O) groups is 1. The van der Waals surface area contributed by atoms with Crippen LogP contribution in [0, 0.1) is 6.92 Å². The molecule has 0 saturated carbocycles. The molecule has 0 amide bonds. The quantitative estimate of drug-likeness (QED) is 0.614. The predicted molar refractivity (Wildman–Crippen MR) is 97.2 cm³/mol. The van der Waals surface area contributed by atoms with Gasteiger partial charge in [0.15, 0.2) is 0 Å². The van der Waals surface area contributed by atoms with E-state index in [2.05, 4.69) is 10.3 Å². The summed E-state index contributed by atoms with van der Waals surface area (Å²) in [4.78, 5) is 16.3. The molecule has 0 atom stereocenters. The molecule has 0 spiro atoms. The fourth-order valence-electron chi connectivity index (χ4n) is 2.65. The Morgan fingerprint density at radius 3 is 2.48 bits per heavy atom. The number of halogens is 3. The molecule has 0 radical (unpaired) electrons. The molecule has 3 rings (SSSR count). The molecule has 2 aromatic carbocycles. The molecule has 3 aromatic rings. The summed E-state index contributed by atoms with van der Waals surface area (Å²) in [5, 5.41) is 3.52. The summed E-state index contributed by atoms with van der Waals surface area (Å²) in [7, 11) is 0. The number of nitrogens with one attached hydrogen (secondary N) is 1. The second kappa shape index (κ2) is 7.26. The van der Waals surface area contributed by atoms with Gasteiger partial charge in [-0.05, 0) is 38.1 Å². The minimum absolute atomic E-state index is 0.132. The molecule has 1 aromatic heterocycles. The van der Waals surface area contributed by atoms with Crippen molar-refractivity contribution in [3.8, 4) is 0 Å². The monoisotopic (exact) mass is 374 g/mol. The van der Waals surface area contributed by atoms with Crippen LogP contribution in [0.4, 0.5) is 24.5 Å². The van der Waals surface area contributed by atoms with E-state index in [0.717, 1.165) is 17.7 Å². The van der Waals surface area contributed by atoms with Gasteiger partial charge in [0.05, 0.1) is 23.4 Å². The van der Waals surface area contributed by atoms with E-state index in [9.17, 15) is 18.0 Å². The Labute approximate surface area is 154 Å². The Kier molecular flexibility index (Phi) is 5.03. The molecule has 4 nitrogen and oxygen atoms in total. The van der Waals surface area contributed by atoms with E-state index in [-0.39, 0.29) is 17.7 Å². The number of nitrogens with zero attached hydrogens (tertiary/aromatic N) is 1. The lowest BCUT2D eigenvalue weighted by molar-refractivity contribution is -0.137. The van der Waals surface area contributed by atoms with E-state index in [1.165, 1.54) is 12.3 Å². The average Bonchev–Trinajstić information content (AvgIpc) is 2.62. The first-order valence-corrected chi connectivity index (χ1v) is 8.30. The van der Waals surface area contributed by atoms with Crippen LogP contribution in [-0.4, -0.2) is 17.6 Å². The summed E-state index contributed by atoms with van der Waals surface area (Å²) in [6, 6.07) is 10.7. The fraction of sp³-hybridized carbons (Fsp3) is 0.200. The third-order valence-electron chi connectivity index (χ3n) is 4.01. The molecule has 0 saturated heterocycles. The van der Waals surface area contributed by atoms with Crippen molar-refractivity contribution in [1.82, 2.24) is 4.98 Å². The van der Waals surface area contributed by atoms with E-state index in [1.54, 1.807) is 6.92 Å². The van der Waals surface area contributed by atoms with Crippen LogP contribution in [0.15, 0.2) is 48.7 Å². The fourth-order valence-corrected chi connectivity index (χ4v) is 2.65. The number of carbonyl (C=O) groups excluding carboxylic acids is 1. The number of aromatic nitrogens is 1. The van der Waals surface area contributed by atoms with Crippen molar-refractivity contribution < 1.29 is 22.7 Å². The lowest BCUT2D eigenvalue weighted by Crippen LogP contribution is -2.10. The van der Waals surface area contributed by atoms with Gasteiger partial charge in [0, 0.05) is 17.3 Å². The van der Waals surface area contributed by atoms with E-state index in [4.69, 9.17) is 4.74 Å². The van der Waals surface area contributed by atoms with Gasteiger partial charge in [-0.3, -0.25) is 4.98 Å². The van der Waals surface area contributed by atoms with Crippen LogP contribution in [0.2, 0.25) is 0 Å². The lowest BCUT2D eigenvalue weighted by Gasteiger charge is -2.15. The second-order valence-corrected chi connectivity index (χ2v) is 5.99. The first kappa shape index (κ1) is 18.7. The molecule has 1 N–H and O–H groups in total. The molecule has 0 aliphatic carbocycles. The number of hydrogen-bond donors (Lipinski definition) is 1. The van der Waals surface area contributed by atoms with Crippen LogP contribution < -0.4 is 5.32 Å².